The quantitative estimate of drug-likeness (QED) is 0.344. The summed E-state index contributed by atoms with van der Waals surface area (Å²) in [4.78, 5) is 5.99. The summed E-state index contributed by atoms with van der Waals surface area (Å²) in [5.41, 5.74) is 2.40. The van der Waals surface area contributed by atoms with Crippen molar-refractivity contribution in [1.82, 2.24) is 4.90 Å². The molecule has 0 bridgehead atoms. The normalized spacial score (nSPS) is 13.5. The molecule has 0 saturated carbocycles. The van der Waals surface area contributed by atoms with Crippen LogP contribution in [0.3, 0.4) is 0 Å². The van der Waals surface area contributed by atoms with Crippen molar-refractivity contribution < 1.29 is 4.74 Å². The molecular weight excluding hydrogens is 272 g/mol. The summed E-state index contributed by atoms with van der Waals surface area (Å²) in [5.74, 6) is 1.15. The van der Waals surface area contributed by atoms with Gasteiger partial charge in [0.1, 0.15) is 0 Å². The molecule has 0 N–H and O–H groups in total. The molecule has 3 nitrogen and oxygen atoms in total. The average molecular weight is 304 g/mol. The zero-order valence-electron chi connectivity index (χ0n) is 14.8. The highest BCUT2D eigenvalue weighted by atomic mass is 16.5. The molecular formula is C19H32N2O. The van der Waals surface area contributed by atoms with E-state index in [1.807, 2.05) is 11.8 Å². The van der Waals surface area contributed by atoms with E-state index in [9.17, 15) is 0 Å². The lowest BCUT2D eigenvalue weighted by Gasteiger charge is -2.22. The molecule has 1 atom stereocenters. The third-order valence-electron chi connectivity index (χ3n) is 3.62. The lowest BCUT2D eigenvalue weighted by atomic mass is 9.95. The van der Waals surface area contributed by atoms with Gasteiger partial charge in [-0.3, -0.25) is 9.89 Å². The molecule has 0 aliphatic rings. The standard InChI is InChI=1S/C19H32N2O/c1-8-12-19(16(5)9-2)15-21(11-4)18(7)22-14-13-17(6)20-10-3/h10-11,15-16H,3-4,7-9,12-14H2,1-2,5-6H3/b19-15-,20-17+. The Hall–Kier alpha value is -1.77. The topological polar surface area (TPSA) is 24.8 Å². The Balaban J connectivity index is 4.72. The molecule has 0 rings (SSSR count). The van der Waals surface area contributed by atoms with Gasteiger partial charge in [-0.05, 0) is 32.3 Å². The largest absolute Gasteiger partial charge is 0.479 e. The van der Waals surface area contributed by atoms with Gasteiger partial charge in [-0.25, -0.2) is 0 Å². The van der Waals surface area contributed by atoms with E-state index in [4.69, 9.17) is 4.74 Å². The van der Waals surface area contributed by atoms with Gasteiger partial charge in [0.25, 0.3) is 0 Å². The molecule has 0 fully saturated rings. The highest BCUT2D eigenvalue weighted by Gasteiger charge is 2.09. The molecule has 0 spiro atoms. The summed E-state index contributed by atoms with van der Waals surface area (Å²) in [5, 5.41) is 0. The van der Waals surface area contributed by atoms with Gasteiger partial charge in [0, 0.05) is 30.7 Å². The van der Waals surface area contributed by atoms with E-state index < -0.39 is 0 Å². The Morgan fingerprint density at radius 1 is 1.27 bits per heavy atom. The van der Waals surface area contributed by atoms with Crippen LogP contribution in [-0.2, 0) is 4.74 Å². The van der Waals surface area contributed by atoms with Crippen molar-refractivity contribution in [2.24, 2.45) is 10.9 Å². The second-order valence-corrected chi connectivity index (χ2v) is 5.39. The molecule has 0 aromatic carbocycles. The van der Waals surface area contributed by atoms with Crippen LogP contribution in [0.2, 0.25) is 0 Å². The average Bonchev–Trinajstić information content (AvgIpc) is 2.50. The molecule has 0 saturated heterocycles. The lowest BCUT2D eigenvalue weighted by molar-refractivity contribution is 0.165. The molecule has 0 aromatic rings. The molecule has 0 aliphatic carbocycles. The first-order valence-electron chi connectivity index (χ1n) is 8.07. The van der Waals surface area contributed by atoms with Crippen molar-refractivity contribution in [3.05, 3.63) is 49.8 Å². The Morgan fingerprint density at radius 2 is 1.95 bits per heavy atom. The monoisotopic (exact) mass is 304 g/mol. The van der Waals surface area contributed by atoms with E-state index in [0.717, 1.165) is 31.4 Å². The first kappa shape index (κ1) is 20.2. The second kappa shape index (κ2) is 11.8. The molecule has 3 heteroatoms. The van der Waals surface area contributed by atoms with E-state index >= 15 is 0 Å². The SMILES string of the molecule is C=C/N=C(\C)CCOC(=C)N(C=C)/C=C(/CCC)C(C)CC. The van der Waals surface area contributed by atoms with Gasteiger partial charge in [0.05, 0.1) is 6.61 Å². The molecule has 1 unspecified atom stereocenters. The van der Waals surface area contributed by atoms with Crippen LogP contribution in [0.4, 0.5) is 0 Å². The smallest absolute Gasteiger partial charge is 0.189 e. The van der Waals surface area contributed by atoms with Crippen molar-refractivity contribution in [3.8, 4) is 0 Å². The Morgan fingerprint density at radius 3 is 2.45 bits per heavy atom. The predicted molar refractivity (Wildman–Crippen MR) is 97.5 cm³/mol. The maximum Gasteiger partial charge on any atom is 0.189 e. The van der Waals surface area contributed by atoms with Crippen LogP contribution in [0, 0.1) is 5.92 Å². The Bertz CT molecular complexity index is 421. The number of hydrogen-bond acceptors (Lipinski definition) is 3. The summed E-state index contributed by atoms with van der Waals surface area (Å²) in [6.07, 6.45) is 9.49. The Kier molecular flexibility index (Phi) is 10.9. The number of rotatable bonds is 12. The first-order valence-corrected chi connectivity index (χ1v) is 8.07. The zero-order chi connectivity index (χ0) is 17.0. The third-order valence-corrected chi connectivity index (χ3v) is 3.62. The molecule has 0 radical (unpaired) electrons. The highest BCUT2D eigenvalue weighted by Crippen LogP contribution is 2.21. The number of hydrogen-bond donors (Lipinski definition) is 0. The minimum Gasteiger partial charge on any atom is -0.479 e. The maximum atomic E-state index is 5.70. The molecule has 22 heavy (non-hydrogen) atoms. The van der Waals surface area contributed by atoms with Gasteiger partial charge >= 0.3 is 0 Å². The van der Waals surface area contributed by atoms with Crippen molar-refractivity contribution in [2.75, 3.05) is 6.61 Å². The fourth-order valence-corrected chi connectivity index (χ4v) is 2.01. The van der Waals surface area contributed by atoms with Gasteiger partial charge in [-0.15, -0.1) is 0 Å². The zero-order valence-corrected chi connectivity index (χ0v) is 14.8. The van der Waals surface area contributed by atoms with Crippen LogP contribution in [0.1, 0.15) is 53.4 Å². The number of nitrogens with zero attached hydrogens (tertiary/aromatic N) is 2. The van der Waals surface area contributed by atoms with Crippen molar-refractivity contribution in [1.29, 1.82) is 0 Å². The summed E-state index contributed by atoms with van der Waals surface area (Å²) in [7, 11) is 0. The molecule has 0 aromatic heterocycles. The third kappa shape index (κ3) is 7.87. The predicted octanol–water partition coefficient (Wildman–Crippen LogP) is 5.64. The number of allylic oxidation sites excluding steroid dienone is 1. The van der Waals surface area contributed by atoms with Gasteiger partial charge in [-0.1, -0.05) is 45.9 Å². The van der Waals surface area contributed by atoms with Crippen LogP contribution in [0.5, 0.6) is 0 Å². The van der Waals surface area contributed by atoms with Crippen LogP contribution in [-0.4, -0.2) is 17.2 Å². The van der Waals surface area contributed by atoms with E-state index in [0.29, 0.717) is 18.4 Å². The fourth-order valence-electron chi connectivity index (χ4n) is 2.01. The van der Waals surface area contributed by atoms with E-state index in [2.05, 4.69) is 51.7 Å². The van der Waals surface area contributed by atoms with E-state index in [1.165, 1.54) is 5.57 Å². The fraction of sp³-hybridized carbons (Fsp3) is 0.526. The summed E-state index contributed by atoms with van der Waals surface area (Å²) in [6, 6.07) is 0. The van der Waals surface area contributed by atoms with E-state index in [-0.39, 0.29) is 0 Å². The van der Waals surface area contributed by atoms with Crippen LogP contribution < -0.4 is 0 Å². The minimum atomic E-state index is 0.548. The maximum absolute atomic E-state index is 5.70. The summed E-state index contributed by atoms with van der Waals surface area (Å²) >= 11 is 0. The first-order chi connectivity index (χ1) is 10.5. The Labute approximate surface area is 136 Å². The summed E-state index contributed by atoms with van der Waals surface area (Å²) in [6.45, 7) is 20.6. The molecule has 124 valence electrons. The van der Waals surface area contributed by atoms with Crippen molar-refractivity contribution in [2.45, 2.75) is 53.4 Å². The van der Waals surface area contributed by atoms with Crippen LogP contribution in [0.25, 0.3) is 0 Å². The molecule has 0 amide bonds. The van der Waals surface area contributed by atoms with Gasteiger partial charge < -0.3 is 4.74 Å². The van der Waals surface area contributed by atoms with Crippen LogP contribution in [0.15, 0.2) is 54.8 Å². The van der Waals surface area contributed by atoms with Crippen molar-refractivity contribution in [3.63, 3.8) is 0 Å². The molecule has 0 aliphatic heterocycles. The number of aliphatic imine (C=N–C) groups is 1. The van der Waals surface area contributed by atoms with E-state index in [1.54, 1.807) is 12.4 Å². The second-order valence-electron chi connectivity index (χ2n) is 5.39. The van der Waals surface area contributed by atoms with Gasteiger partial charge in [-0.2, -0.15) is 0 Å². The lowest BCUT2D eigenvalue weighted by Crippen LogP contribution is -2.15. The van der Waals surface area contributed by atoms with Gasteiger partial charge in [0.2, 0.25) is 0 Å². The highest BCUT2D eigenvalue weighted by molar-refractivity contribution is 5.82. The van der Waals surface area contributed by atoms with Crippen LogP contribution >= 0.6 is 0 Å². The number of ether oxygens (including phenoxy) is 1. The van der Waals surface area contributed by atoms with Gasteiger partial charge in [0.15, 0.2) is 5.88 Å². The van der Waals surface area contributed by atoms with Crippen molar-refractivity contribution >= 4 is 5.71 Å². The minimum absolute atomic E-state index is 0.548. The summed E-state index contributed by atoms with van der Waals surface area (Å²) < 4.78 is 5.70. The molecule has 0 heterocycles.